The summed E-state index contributed by atoms with van der Waals surface area (Å²) in [5.41, 5.74) is 1.48. The molecule has 0 radical (unpaired) electrons. The minimum absolute atomic E-state index is 0.0569. The van der Waals surface area contributed by atoms with Gasteiger partial charge in [0, 0.05) is 31.9 Å². The molecule has 6 heteroatoms. The number of hydrogen-bond acceptors (Lipinski definition) is 3. The summed E-state index contributed by atoms with van der Waals surface area (Å²) in [5.74, 6) is -0.878. The molecule has 5 nitrogen and oxygen atoms in total. The molecule has 136 valence electrons. The first kappa shape index (κ1) is 17.9. The van der Waals surface area contributed by atoms with Crippen molar-refractivity contribution in [1.82, 2.24) is 10.2 Å². The van der Waals surface area contributed by atoms with Crippen LogP contribution >= 0.6 is 0 Å². The van der Waals surface area contributed by atoms with E-state index in [9.17, 15) is 14.0 Å². The van der Waals surface area contributed by atoms with E-state index in [-0.39, 0.29) is 24.8 Å². The number of nitrogens with zero attached hydrogens (tertiary/aromatic N) is 2. The number of para-hydroxylation sites is 1. The Morgan fingerprint density at radius 3 is 2.27 bits per heavy atom. The summed E-state index contributed by atoms with van der Waals surface area (Å²) in [4.78, 5) is 28.2. The molecule has 1 aliphatic rings. The van der Waals surface area contributed by atoms with E-state index in [0.717, 1.165) is 18.8 Å². The first-order chi connectivity index (χ1) is 12.6. The molecule has 3 rings (SSSR count). The summed E-state index contributed by atoms with van der Waals surface area (Å²) in [6.45, 7) is 2.71. The lowest BCUT2D eigenvalue weighted by molar-refractivity contribution is -0.133. The van der Waals surface area contributed by atoms with Crippen LogP contribution in [0.25, 0.3) is 0 Å². The topological polar surface area (TPSA) is 52.7 Å². The second-order valence-corrected chi connectivity index (χ2v) is 6.25. The highest BCUT2D eigenvalue weighted by molar-refractivity contribution is 5.85. The predicted molar refractivity (Wildman–Crippen MR) is 98.3 cm³/mol. The Labute approximate surface area is 152 Å². The lowest BCUT2D eigenvalue weighted by Gasteiger charge is -2.36. The minimum Gasteiger partial charge on any atom is -0.368 e. The van der Waals surface area contributed by atoms with Gasteiger partial charge in [-0.05, 0) is 23.8 Å². The standard InChI is InChI=1S/C20H22FN3O2/c21-18-9-5-4-6-16(18)14-19(25)22-15-20(26)24-12-10-23(11-13-24)17-7-2-1-3-8-17/h1-9H,10-15H2,(H,22,25). The van der Waals surface area contributed by atoms with Gasteiger partial charge in [-0.15, -0.1) is 0 Å². The number of amides is 2. The Hall–Kier alpha value is -2.89. The monoisotopic (exact) mass is 355 g/mol. The number of piperazine rings is 1. The lowest BCUT2D eigenvalue weighted by Crippen LogP contribution is -2.51. The molecule has 1 aliphatic heterocycles. The Morgan fingerprint density at radius 1 is 0.923 bits per heavy atom. The molecule has 0 bridgehead atoms. The van der Waals surface area contributed by atoms with Crippen molar-refractivity contribution in [3.63, 3.8) is 0 Å². The number of nitrogens with one attached hydrogen (secondary N) is 1. The fourth-order valence-corrected chi connectivity index (χ4v) is 3.02. The number of rotatable bonds is 5. The van der Waals surface area contributed by atoms with Crippen LogP contribution in [-0.4, -0.2) is 49.4 Å². The van der Waals surface area contributed by atoms with Gasteiger partial charge in [-0.3, -0.25) is 9.59 Å². The van der Waals surface area contributed by atoms with Crippen LogP contribution in [0.4, 0.5) is 10.1 Å². The Balaban J connectivity index is 1.43. The summed E-state index contributed by atoms with van der Waals surface area (Å²) < 4.78 is 13.6. The minimum atomic E-state index is -0.411. The molecule has 1 N–H and O–H groups in total. The molecule has 2 amide bonds. The van der Waals surface area contributed by atoms with Crippen molar-refractivity contribution in [2.75, 3.05) is 37.6 Å². The lowest BCUT2D eigenvalue weighted by atomic mass is 10.1. The zero-order chi connectivity index (χ0) is 18.4. The van der Waals surface area contributed by atoms with E-state index < -0.39 is 5.82 Å². The zero-order valence-corrected chi connectivity index (χ0v) is 14.5. The summed E-state index contributed by atoms with van der Waals surface area (Å²) in [6, 6.07) is 16.2. The van der Waals surface area contributed by atoms with Gasteiger partial charge in [-0.1, -0.05) is 36.4 Å². The smallest absolute Gasteiger partial charge is 0.242 e. The van der Waals surface area contributed by atoms with Crippen molar-refractivity contribution in [2.24, 2.45) is 0 Å². The first-order valence-corrected chi connectivity index (χ1v) is 8.71. The Kier molecular flexibility index (Phi) is 5.84. The van der Waals surface area contributed by atoms with Crippen LogP contribution in [0.15, 0.2) is 54.6 Å². The Bertz CT molecular complexity index is 759. The molecule has 0 atom stereocenters. The SMILES string of the molecule is O=C(Cc1ccccc1F)NCC(=O)N1CCN(c2ccccc2)CC1. The average molecular weight is 355 g/mol. The van der Waals surface area contributed by atoms with Crippen LogP contribution in [0.5, 0.6) is 0 Å². The molecule has 26 heavy (non-hydrogen) atoms. The van der Waals surface area contributed by atoms with Crippen LogP contribution < -0.4 is 10.2 Å². The van der Waals surface area contributed by atoms with E-state index in [1.54, 1.807) is 23.1 Å². The van der Waals surface area contributed by atoms with E-state index in [0.29, 0.717) is 18.7 Å². The van der Waals surface area contributed by atoms with Gasteiger partial charge in [0.1, 0.15) is 5.82 Å². The fraction of sp³-hybridized carbons (Fsp3) is 0.300. The average Bonchev–Trinajstić information content (AvgIpc) is 2.69. The highest BCUT2D eigenvalue weighted by Crippen LogP contribution is 2.15. The largest absolute Gasteiger partial charge is 0.368 e. The quantitative estimate of drug-likeness (QED) is 0.890. The number of hydrogen-bond donors (Lipinski definition) is 1. The molecule has 0 aliphatic carbocycles. The molecule has 1 heterocycles. The molecule has 0 saturated carbocycles. The van der Waals surface area contributed by atoms with Crippen molar-refractivity contribution in [3.8, 4) is 0 Å². The molecule has 0 aromatic heterocycles. The van der Waals surface area contributed by atoms with Crippen LogP contribution in [0.1, 0.15) is 5.56 Å². The van der Waals surface area contributed by atoms with E-state index in [4.69, 9.17) is 0 Å². The maximum absolute atomic E-state index is 13.6. The molecule has 0 unspecified atom stereocenters. The molecular formula is C20H22FN3O2. The molecule has 1 fully saturated rings. The third kappa shape index (κ3) is 4.59. The van der Waals surface area contributed by atoms with Crippen LogP contribution in [0.2, 0.25) is 0 Å². The predicted octanol–water partition coefficient (Wildman–Crippen LogP) is 1.83. The third-order valence-electron chi connectivity index (χ3n) is 4.50. The number of anilines is 1. The van der Waals surface area contributed by atoms with Crippen LogP contribution in [0.3, 0.4) is 0 Å². The zero-order valence-electron chi connectivity index (χ0n) is 14.5. The molecule has 1 saturated heterocycles. The van der Waals surface area contributed by atoms with Crippen molar-refractivity contribution in [3.05, 3.63) is 66.0 Å². The van der Waals surface area contributed by atoms with Gasteiger partial charge < -0.3 is 15.1 Å². The first-order valence-electron chi connectivity index (χ1n) is 8.71. The second kappa shape index (κ2) is 8.47. The van der Waals surface area contributed by atoms with Gasteiger partial charge in [0.05, 0.1) is 13.0 Å². The summed E-state index contributed by atoms with van der Waals surface area (Å²) in [7, 11) is 0. The highest BCUT2D eigenvalue weighted by atomic mass is 19.1. The van der Waals surface area contributed by atoms with E-state index in [1.807, 2.05) is 18.2 Å². The van der Waals surface area contributed by atoms with Crippen molar-refractivity contribution in [2.45, 2.75) is 6.42 Å². The second-order valence-electron chi connectivity index (χ2n) is 6.25. The van der Waals surface area contributed by atoms with E-state index in [2.05, 4.69) is 22.3 Å². The van der Waals surface area contributed by atoms with Gasteiger partial charge in [-0.2, -0.15) is 0 Å². The summed E-state index contributed by atoms with van der Waals surface area (Å²) in [5, 5.41) is 2.59. The Morgan fingerprint density at radius 2 is 1.58 bits per heavy atom. The fourth-order valence-electron chi connectivity index (χ4n) is 3.02. The maximum atomic E-state index is 13.6. The van der Waals surface area contributed by atoms with Crippen LogP contribution in [0, 0.1) is 5.82 Å². The molecular weight excluding hydrogens is 333 g/mol. The number of benzene rings is 2. The van der Waals surface area contributed by atoms with Gasteiger partial charge >= 0.3 is 0 Å². The molecule has 0 spiro atoms. The number of halogens is 1. The van der Waals surface area contributed by atoms with Gasteiger partial charge in [0.25, 0.3) is 0 Å². The number of carbonyl (C=O) groups excluding carboxylic acids is 2. The van der Waals surface area contributed by atoms with E-state index in [1.165, 1.54) is 6.07 Å². The van der Waals surface area contributed by atoms with Gasteiger partial charge in [-0.25, -0.2) is 4.39 Å². The van der Waals surface area contributed by atoms with Gasteiger partial charge in [0.15, 0.2) is 0 Å². The molecule has 2 aromatic rings. The number of carbonyl (C=O) groups is 2. The van der Waals surface area contributed by atoms with E-state index >= 15 is 0 Å². The highest BCUT2D eigenvalue weighted by Gasteiger charge is 2.21. The summed E-state index contributed by atoms with van der Waals surface area (Å²) >= 11 is 0. The van der Waals surface area contributed by atoms with Crippen molar-refractivity contribution >= 4 is 17.5 Å². The maximum Gasteiger partial charge on any atom is 0.242 e. The van der Waals surface area contributed by atoms with Crippen LogP contribution in [-0.2, 0) is 16.0 Å². The molecule has 2 aromatic carbocycles. The normalized spacial score (nSPS) is 14.2. The van der Waals surface area contributed by atoms with Crippen molar-refractivity contribution in [1.29, 1.82) is 0 Å². The third-order valence-corrected chi connectivity index (χ3v) is 4.50. The van der Waals surface area contributed by atoms with Crippen molar-refractivity contribution < 1.29 is 14.0 Å². The summed E-state index contributed by atoms with van der Waals surface area (Å²) in [6.07, 6.45) is -0.0677. The van der Waals surface area contributed by atoms with Gasteiger partial charge in [0.2, 0.25) is 11.8 Å².